The molecule has 0 saturated heterocycles. The summed E-state index contributed by atoms with van der Waals surface area (Å²) in [5.74, 6) is 0. The second-order valence-corrected chi connectivity index (χ2v) is 6.19. The van der Waals surface area contributed by atoms with E-state index in [1.807, 2.05) is 20.8 Å². The maximum Gasteiger partial charge on any atom is 0.0972 e. The summed E-state index contributed by atoms with van der Waals surface area (Å²) in [6, 6.07) is 0.357. The molecule has 0 radical (unpaired) electrons. The molecule has 0 heterocycles. The lowest BCUT2D eigenvalue weighted by Crippen LogP contribution is -2.38. The molecule has 2 nitrogen and oxygen atoms in total. The van der Waals surface area contributed by atoms with Crippen LogP contribution >= 0.6 is 0 Å². The van der Waals surface area contributed by atoms with Crippen LogP contribution in [0.4, 0.5) is 0 Å². The van der Waals surface area contributed by atoms with E-state index in [2.05, 4.69) is 18.6 Å². The van der Waals surface area contributed by atoms with E-state index in [1.54, 1.807) is 0 Å². The predicted octanol–water partition coefficient (Wildman–Crippen LogP) is 2.23. The Morgan fingerprint density at radius 3 is 2.25 bits per heavy atom. The van der Waals surface area contributed by atoms with Crippen molar-refractivity contribution < 1.29 is 4.21 Å². The summed E-state index contributed by atoms with van der Waals surface area (Å²) < 4.78 is 14.5. The first-order valence-corrected chi connectivity index (χ1v) is 5.71. The van der Waals surface area contributed by atoms with Crippen LogP contribution in [0.25, 0.3) is 0 Å². The Balaban J connectivity index is 3.85. The standard InChI is InChI=1S/C9H21NOS/c1-6-7-8(2)10-12(11)9(3,4)5/h8,10H,6-7H2,1-5H3/t8-,12-/m0/s1. The molecule has 0 aliphatic rings. The Morgan fingerprint density at radius 1 is 1.42 bits per heavy atom. The van der Waals surface area contributed by atoms with Gasteiger partial charge in [0.1, 0.15) is 0 Å². The van der Waals surface area contributed by atoms with Gasteiger partial charge in [-0.15, -0.1) is 0 Å². The van der Waals surface area contributed by atoms with Crippen LogP contribution in [0.3, 0.4) is 0 Å². The molecule has 0 saturated carbocycles. The molecule has 74 valence electrons. The van der Waals surface area contributed by atoms with Crippen LogP contribution in [0, 0.1) is 0 Å². The van der Waals surface area contributed by atoms with Crippen LogP contribution in [-0.2, 0) is 11.0 Å². The van der Waals surface area contributed by atoms with Gasteiger partial charge in [-0.2, -0.15) is 0 Å². The highest BCUT2D eigenvalue weighted by Gasteiger charge is 2.20. The van der Waals surface area contributed by atoms with E-state index < -0.39 is 11.0 Å². The van der Waals surface area contributed by atoms with Crippen molar-refractivity contribution >= 4 is 11.0 Å². The van der Waals surface area contributed by atoms with Crippen LogP contribution < -0.4 is 4.72 Å². The average Bonchev–Trinajstić information content (AvgIpc) is 1.85. The lowest BCUT2D eigenvalue weighted by molar-refractivity contribution is 0.576. The van der Waals surface area contributed by atoms with Gasteiger partial charge in [-0.25, -0.2) is 8.93 Å². The largest absolute Gasteiger partial charge is 0.242 e. The summed E-state index contributed by atoms with van der Waals surface area (Å²) in [5.41, 5.74) is 0. The van der Waals surface area contributed by atoms with E-state index >= 15 is 0 Å². The fourth-order valence-electron chi connectivity index (χ4n) is 0.851. The first kappa shape index (κ1) is 12.1. The molecule has 12 heavy (non-hydrogen) atoms. The van der Waals surface area contributed by atoms with Gasteiger partial charge >= 0.3 is 0 Å². The van der Waals surface area contributed by atoms with E-state index in [4.69, 9.17) is 0 Å². The van der Waals surface area contributed by atoms with Crippen LogP contribution in [0.5, 0.6) is 0 Å². The van der Waals surface area contributed by atoms with Crippen molar-refractivity contribution in [3.63, 3.8) is 0 Å². The molecule has 0 amide bonds. The summed E-state index contributed by atoms with van der Waals surface area (Å²) in [7, 11) is -0.919. The molecule has 0 spiro atoms. The first-order valence-electron chi connectivity index (χ1n) is 4.56. The van der Waals surface area contributed by atoms with Crippen molar-refractivity contribution in [2.75, 3.05) is 0 Å². The zero-order valence-electron chi connectivity index (χ0n) is 8.81. The SMILES string of the molecule is CCC[C@H](C)N[S@@](=O)C(C)(C)C. The van der Waals surface area contributed by atoms with Crippen molar-refractivity contribution in [3.8, 4) is 0 Å². The quantitative estimate of drug-likeness (QED) is 0.725. The third kappa shape index (κ3) is 4.88. The Morgan fingerprint density at radius 2 is 1.92 bits per heavy atom. The molecule has 0 aliphatic carbocycles. The minimum Gasteiger partial charge on any atom is -0.242 e. The highest BCUT2D eigenvalue weighted by Crippen LogP contribution is 2.10. The summed E-state index contributed by atoms with van der Waals surface area (Å²) in [6.07, 6.45) is 2.22. The zero-order valence-corrected chi connectivity index (χ0v) is 9.62. The predicted molar refractivity (Wildman–Crippen MR) is 55.4 cm³/mol. The summed E-state index contributed by atoms with van der Waals surface area (Å²) >= 11 is 0. The molecule has 0 rings (SSSR count). The monoisotopic (exact) mass is 191 g/mol. The fourth-order valence-corrected chi connectivity index (χ4v) is 1.69. The molecular weight excluding hydrogens is 170 g/mol. The van der Waals surface area contributed by atoms with E-state index in [-0.39, 0.29) is 4.75 Å². The second-order valence-electron chi connectivity index (χ2n) is 4.19. The van der Waals surface area contributed by atoms with Gasteiger partial charge in [-0.1, -0.05) is 13.3 Å². The third-order valence-electron chi connectivity index (χ3n) is 1.59. The topological polar surface area (TPSA) is 29.1 Å². The van der Waals surface area contributed by atoms with Gasteiger partial charge in [0.25, 0.3) is 0 Å². The molecule has 0 aliphatic heterocycles. The average molecular weight is 191 g/mol. The summed E-state index contributed by atoms with van der Waals surface area (Å²) in [4.78, 5) is 0. The molecule has 0 aromatic heterocycles. The summed E-state index contributed by atoms with van der Waals surface area (Å²) in [6.45, 7) is 10.2. The van der Waals surface area contributed by atoms with Crippen molar-refractivity contribution in [1.82, 2.24) is 4.72 Å². The van der Waals surface area contributed by atoms with Crippen LogP contribution in [0.15, 0.2) is 0 Å². The Kier molecular flexibility index (Phi) is 5.02. The molecule has 0 bridgehead atoms. The van der Waals surface area contributed by atoms with Crippen LogP contribution in [-0.4, -0.2) is 15.0 Å². The fraction of sp³-hybridized carbons (Fsp3) is 1.00. The van der Waals surface area contributed by atoms with Crippen LogP contribution in [0.2, 0.25) is 0 Å². The van der Waals surface area contributed by atoms with Crippen LogP contribution in [0.1, 0.15) is 47.5 Å². The van der Waals surface area contributed by atoms with E-state index in [0.717, 1.165) is 12.8 Å². The number of hydrogen-bond donors (Lipinski definition) is 1. The Hall–Kier alpha value is 0.110. The van der Waals surface area contributed by atoms with Gasteiger partial charge in [0.15, 0.2) is 0 Å². The smallest absolute Gasteiger partial charge is 0.0972 e. The van der Waals surface area contributed by atoms with Crippen molar-refractivity contribution in [2.45, 2.75) is 58.2 Å². The van der Waals surface area contributed by atoms with Gasteiger partial charge in [0, 0.05) is 6.04 Å². The normalized spacial score (nSPS) is 17.4. The molecule has 2 atom stereocenters. The van der Waals surface area contributed by atoms with E-state index in [0.29, 0.717) is 6.04 Å². The molecule has 0 aromatic rings. The third-order valence-corrected chi connectivity index (χ3v) is 3.31. The van der Waals surface area contributed by atoms with Crippen molar-refractivity contribution in [3.05, 3.63) is 0 Å². The van der Waals surface area contributed by atoms with Gasteiger partial charge in [0.05, 0.1) is 15.7 Å². The maximum atomic E-state index is 11.5. The van der Waals surface area contributed by atoms with Gasteiger partial charge in [-0.3, -0.25) is 0 Å². The van der Waals surface area contributed by atoms with Crippen molar-refractivity contribution in [2.24, 2.45) is 0 Å². The molecule has 0 unspecified atom stereocenters. The molecular formula is C9H21NOS. The maximum absolute atomic E-state index is 11.5. The highest BCUT2D eigenvalue weighted by atomic mass is 32.2. The molecule has 0 fully saturated rings. The molecule has 3 heteroatoms. The Bertz CT molecular complexity index is 151. The number of hydrogen-bond acceptors (Lipinski definition) is 1. The number of nitrogens with one attached hydrogen (secondary N) is 1. The van der Waals surface area contributed by atoms with Gasteiger partial charge in [0.2, 0.25) is 0 Å². The minimum atomic E-state index is -0.919. The summed E-state index contributed by atoms with van der Waals surface area (Å²) in [5, 5.41) is 0. The zero-order chi connectivity index (χ0) is 9.78. The lowest BCUT2D eigenvalue weighted by Gasteiger charge is -2.21. The van der Waals surface area contributed by atoms with E-state index in [9.17, 15) is 4.21 Å². The van der Waals surface area contributed by atoms with Gasteiger partial charge in [-0.05, 0) is 34.1 Å². The second kappa shape index (κ2) is 4.97. The minimum absolute atomic E-state index is 0.151. The van der Waals surface area contributed by atoms with E-state index in [1.165, 1.54) is 0 Å². The first-order chi connectivity index (χ1) is 5.38. The molecule has 0 aromatic carbocycles. The Labute approximate surface area is 78.7 Å². The van der Waals surface area contributed by atoms with Gasteiger partial charge < -0.3 is 0 Å². The highest BCUT2D eigenvalue weighted by molar-refractivity contribution is 7.84. The lowest BCUT2D eigenvalue weighted by atomic mass is 10.2. The number of rotatable bonds is 4. The molecule has 1 N–H and O–H groups in total. The van der Waals surface area contributed by atoms with Crippen molar-refractivity contribution in [1.29, 1.82) is 0 Å².